The molecular weight excluding hydrogens is 262 g/mol. The van der Waals surface area contributed by atoms with E-state index in [1.165, 1.54) is 64.2 Å². The Morgan fingerprint density at radius 2 is 1.00 bits per heavy atom. The number of hydrogen-bond donors (Lipinski definition) is 3. The zero-order valence-corrected chi connectivity index (χ0v) is 14.3. The molecule has 3 heteroatoms. The van der Waals surface area contributed by atoms with E-state index in [9.17, 15) is 0 Å². The lowest BCUT2D eigenvalue weighted by molar-refractivity contribution is 0.183. The number of rotatable bonds is 16. The van der Waals surface area contributed by atoms with Crippen LogP contribution in [0.5, 0.6) is 0 Å². The molecule has 0 heterocycles. The molecule has 128 valence electrons. The normalized spacial score (nSPS) is 12.0. The van der Waals surface area contributed by atoms with Crippen molar-refractivity contribution in [2.45, 2.75) is 102 Å². The average Bonchev–Trinajstić information content (AvgIpc) is 2.45. The Kier molecular flexibility index (Phi) is 14.7. The monoisotopic (exact) mass is 301 g/mol. The molecule has 0 radical (unpaired) electrons. The molecule has 0 spiro atoms. The quantitative estimate of drug-likeness (QED) is 0.375. The summed E-state index contributed by atoms with van der Waals surface area (Å²) in [6, 6.07) is 0. The Bertz CT molecular complexity index is 203. The van der Waals surface area contributed by atoms with Crippen molar-refractivity contribution in [3.63, 3.8) is 0 Å². The summed E-state index contributed by atoms with van der Waals surface area (Å²) in [5.74, 6) is 0. The molecule has 0 aliphatic rings. The van der Waals surface area contributed by atoms with Crippen LogP contribution >= 0.6 is 0 Å². The van der Waals surface area contributed by atoms with Gasteiger partial charge in [-0.15, -0.1) is 0 Å². The first-order valence-electron chi connectivity index (χ1n) is 9.19. The molecule has 3 nitrogen and oxygen atoms in total. The second-order valence-corrected chi connectivity index (χ2v) is 6.60. The largest absolute Gasteiger partial charge is 0.396 e. The third kappa shape index (κ3) is 13.3. The van der Waals surface area contributed by atoms with E-state index in [4.69, 9.17) is 15.9 Å². The highest BCUT2D eigenvalue weighted by Gasteiger charge is 2.22. The van der Waals surface area contributed by atoms with Crippen molar-refractivity contribution >= 4 is 0 Å². The number of unbranched alkanes of at least 4 members (excludes halogenated alkanes) is 10. The van der Waals surface area contributed by atoms with Crippen LogP contribution in [0.15, 0.2) is 0 Å². The Morgan fingerprint density at radius 1 is 0.619 bits per heavy atom. The Morgan fingerprint density at radius 3 is 1.38 bits per heavy atom. The van der Waals surface area contributed by atoms with Crippen molar-refractivity contribution < 1.29 is 10.2 Å². The van der Waals surface area contributed by atoms with Gasteiger partial charge < -0.3 is 15.9 Å². The third-order valence-corrected chi connectivity index (χ3v) is 4.50. The summed E-state index contributed by atoms with van der Waals surface area (Å²) in [5.41, 5.74) is 5.86. The van der Waals surface area contributed by atoms with Gasteiger partial charge in [0.2, 0.25) is 0 Å². The van der Waals surface area contributed by atoms with Crippen LogP contribution in [0, 0.1) is 0 Å². The Balaban J connectivity index is 3.37. The Labute approximate surface area is 132 Å². The lowest BCUT2D eigenvalue weighted by Crippen LogP contribution is -2.41. The molecule has 0 unspecified atom stereocenters. The Hall–Kier alpha value is -0.120. The highest BCUT2D eigenvalue weighted by molar-refractivity contribution is 4.83. The number of nitrogens with two attached hydrogens (primary N) is 1. The molecular formula is C18H39NO2. The molecule has 0 saturated heterocycles. The van der Waals surface area contributed by atoms with Gasteiger partial charge in [-0.1, -0.05) is 77.6 Å². The predicted octanol–water partition coefficient (Wildman–Crippen LogP) is 4.15. The number of aliphatic hydroxyl groups is 2. The number of hydrogen-bond acceptors (Lipinski definition) is 3. The van der Waals surface area contributed by atoms with Crippen molar-refractivity contribution in [2.24, 2.45) is 5.73 Å². The minimum atomic E-state index is -0.358. The highest BCUT2D eigenvalue weighted by Crippen LogP contribution is 2.21. The van der Waals surface area contributed by atoms with E-state index in [2.05, 4.69) is 6.92 Å². The van der Waals surface area contributed by atoms with E-state index in [1.807, 2.05) is 0 Å². The van der Waals surface area contributed by atoms with Crippen molar-refractivity contribution in [1.82, 2.24) is 0 Å². The number of aliphatic hydroxyl groups excluding tert-OH is 2. The summed E-state index contributed by atoms with van der Waals surface area (Å²) in [6.07, 6.45) is 16.8. The van der Waals surface area contributed by atoms with E-state index >= 15 is 0 Å². The molecule has 0 atom stereocenters. The summed E-state index contributed by atoms with van der Waals surface area (Å²) in [4.78, 5) is 0. The smallest absolute Gasteiger partial charge is 0.0448 e. The van der Waals surface area contributed by atoms with Gasteiger partial charge in [0.05, 0.1) is 0 Å². The van der Waals surface area contributed by atoms with Crippen LogP contribution in [0.1, 0.15) is 96.8 Å². The second-order valence-electron chi connectivity index (χ2n) is 6.60. The molecule has 0 aromatic carbocycles. The van der Waals surface area contributed by atoms with Crippen LogP contribution in [0.25, 0.3) is 0 Å². The maximum absolute atomic E-state index is 9.04. The first-order valence-corrected chi connectivity index (χ1v) is 9.19. The van der Waals surface area contributed by atoms with Gasteiger partial charge in [-0.2, -0.15) is 0 Å². The van der Waals surface area contributed by atoms with Crippen molar-refractivity contribution in [3.8, 4) is 0 Å². The van der Waals surface area contributed by atoms with Crippen molar-refractivity contribution in [3.05, 3.63) is 0 Å². The van der Waals surface area contributed by atoms with Crippen LogP contribution < -0.4 is 5.73 Å². The van der Waals surface area contributed by atoms with Gasteiger partial charge in [-0.3, -0.25) is 0 Å². The predicted molar refractivity (Wildman–Crippen MR) is 91.4 cm³/mol. The van der Waals surface area contributed by atoms with E-state index in [1.54, 1.807) is 0 Å². The molecule has 0 aromatic rings. The van der Waals surface area contributed by atoms with Gasteiger partial charge in [-0.05, 0) is 19.3 Å². The maximum atomic E-state index is 9.04. The summed E-state index contributed by atoms with van der Waals surface area (Å²) in [6.45, 7) is 2.50. The summed E-state index contributed by atoms with van der Waals surface area (Å²) in [7, 11) is 0. The lowest BCUT2D eigenvalue weighted by atomic mass is 9.87. The summed E-state index contributed by atoms with van der Waals surface area (Å²) >= 11 is 0. The maximum Gasteiger partial charge on any atom is 0.0448 e. The van der Waals surface area contributed by atoms with Crippen LogP contribution in [0.2, 0.25) is 0 Å². The van der Waals surface area contributed by atoms with Crippen LogP contribution in [-0.2, 0) is 0 Å². The van der Waals surface area contributed by atoms with Gasteiger partial charge >= 0.3 is 0 Å². The first-order chi connectivity index (χ1) is 10.2. The molecule has 0 rings (SSSR count). The standard InChI is InChI=1S/C18H39NO2/c1-2-3-4-5-6-7-8-9-10-11-12-13-18(19,14-16-20)15-17-21/h20-21H,2-17,19H2,1H3. The fourth-order valence-corrected chi connectivity index (χ4v) is 2.96. The van der Waals surface area contributed by atoms with Gasteiger partial charge in [-0.25, -0.2) is 0 Å². The molecule has 0 fully saturated rings. The lowest BCUT2D eigenvalue weighted by Gasteiger charge is -2.28. The molecule has 0 aromatic heterocycles. The summed E-state index contributed by atoms with van der Waals surface area (Å²) < 4.78 is 0. The molecule has 0 amide bonds. The molecule has 0 bridgehead atoms. The van der Waals surface area contributed by atoms with Gasteiger partial charge in [0.1, 0.15) is 0 Å². The minimum absolute atomic E-state index is 0.120. The van der Waals surface area contributed by atoms with Crippen molar-refractivity contribution in [1.29, 1.82) is 0 Å². The fourth-order valence-electron chi connectivity index (χ4n) is 2.96. The molecule has 0 aliphatic heterocycles. The second kappa shape index (κ2) is 14.8. The first kappa shape index (κ1) is 20.9. The van der Waals surface area contributed by atoms with Crippen LogP contribution in [-0.4, -0.2) is 29.0 Å². The van der Waals surface area contributed by atoms with Gasteiger partial charge in [0, 0.05) is 18.8 Å². The van der Waals surface area contributed by atoms with E-state index < -0.39 is 0 Å². The van der Waals surface area contributed by atoms with Crippen LogP contribution in [0.3, 0.4) is 0 Å². The summed E-state index contributed by atoms with van der Waals surface area (Å²) in [5, 5.41) is 18.1. The van der Waals surface area contributed by atoms with Gasteiger partial charge in [0.25, 0.3) is 0 Å². The SMILES string of the molecule is CCCCCCCCCCCCCC(N)(CCO)CCO. The molecule has 0 saturated carbocycles. The topological polar surface area (TPSA) is 66.5 Å². The highest BCUT2D eigenvalue weighted by atomic mass is 16.3. The van der Waals surface area contributed by atoms with Gasteiger partial charge in [0.15, 0.2) is 0 Å². The molecule has 21 heavy (non-hydrogen) atoms. The van der Waals surface area contributed by atoms with E-state index in [0.717, 1.165) is 12.8 Å². The van der Waals surface area contributed by atoms with Crippen LogP contribution in [0.4, 0.5) is 0 Å². The average molecular weight is 302 g/mol. The zero-order valence-electron chi connectivity index (χ0n) is 14.3. The van der Waals surface area contributed by atoms with E-state index in [-0.39, 0.29) is 18.8 Å². The van der Waals surface area contributed by atoms with E-state index in [0.29, 0.717) is 12.8 Å². The minimum Gasteiger partial charge on any atom is -0.396 e. The molecule has 4 N–H and O–H groups in total. The fraction of sp³-hybridized carbons (Fsp3) is 1.00. The molecule has 0 aliphatic carbocycles. The third-order valence-electron chi connectivity index (χ3n) is 4.50. The van der Waals surface area contributed by atoms with Crippen molar-refractivity contribution in [2.75, 3.05) is 13.2 Å². The zero-order chi connectivity index (χ0) is 15.8.